The van der Waals surface area contributed by atoms with Gasteiger partial charge in [-0.05, 0) is 45.0 Å². The average molecular weight is 357 g/mol. The molecule has 0 bridgehead atoms. The lowest BCUT2D eigenvalue weighted by molar-refractivity contribution is 0.231. The third-order valence-corrected chi connectivity index (χ3v) is 3.35. The highest BCUT2D eigenvalue weighted by atomic mass is 19.1. The maximum absolute atomic E-state index is 14.8. The van der Waals surface area contributed by atoms with Gasteiger partial charge in [0.25, 0.3) is 0 Å². The first-order chi connectivity index (χ1) is 12.4. The lowest BCUT2D eigenvalue weighted by atomic mass is 10.1. The fourth-order valence-electron chi connectivity index (χ4n) is 2.28. The van der Waals surface area contributed by atoms with Crippen LogP contribution in [0.3, 0.4) is 0 Å². The molecule has 0 saturated heterocycles. The zero-order valence-corrected chi connectivity index (χ0v) is 14.6. The van der Waals surface area contributed by atoms with Gasteiger partial charge >= 0.3 is 0 Å². The summed E-state index contributed by atoms with van der Waals surface area (Å²) in [6.45, 7) is 5.63. The molecule has 1 N–H and O–H groups in total. The number of nitriles is 2. The van der Waals surface area contributed by atoms with Crippen molar-refractivity contribution in [1.82, 2.24) is 0 Å². The number of hydrogen-bond donors (Lipinski definition) is 1. The summed E-state index contributed by atoms with van der Waals surface area (Å²) in [6, 6.07) is 9.62. The van der Waals surface area contributed by atoms with Gasteiger partial charge in [0, 0.05) is 5.69 Å². The summed E-state index contributed by atoms with van der Waals surface area (Å²) in [5, 5.41) is 20.9. The molecular weight excluding hydrogens is 340 g/mol. The summed E-state index contributed by atoms with van der Waals surface area (Å²) in [6.07, 6.45) is -0.468. The zero-order chi connectivity index (χ0) is 19.3. The van der Waals surface area contributed by atoms with Crippen LogP contribution in [0.25, 0.3) is 0 Å². The highest BCUT2D eigenvalue weighted by Crippen LogP contribution is 2.38. The molecule has 0 saturated carbocycles. The Labute approximate surface area is 150 Å². The van der Waals surface area contributed by atoms with Crippen molar-refractivity contribution in [3.63, 3.8) is 0 Å². The highest BCUT2D eigenvalue weighted by Gasteiger charge is 2.27. The number of rotatable bonds is 6. The second-order valence-electron chi connectivity index (χ2n) is 5.55. The third kappa shape index (κ3) is 3.84. The molecule has 2 aromatic carbocycles. The molecule has 26 heavy (non-hydrogen) atoms. The molecule has 0 aromatic heterocycles. The normalized spacial score (nSPS) is 10.2. The molecule has 134 valence electrons. The first-order valence-electron chi connectivity index (χ1n) is 7.94. The maximum Gasteiger partial charge on any atom is 0.186 e. The smallest absolute Gasteiger partial charge is 0.186 e. The Hall–Kier alpha value is -3.32. The summed E-state index contributed by atoms with van der Waals surface area (Å²) in [5.74, 6) is -1.94. The van der Waals surface area contributed by atoms with E-state index < -0.39 is 34.6 Å². The minimum Gasteiger partial charge on any atom is -0.494 e. The predicted molar refractivity (Wildman–Crippen MR) is 92.4 cm³/mol. The molecule has 0 aliphatic rings. The largest absolute Gasteiger partial charge is 0.494 e. The summed E-state index contributed by atoms with van der Waals surface area (Å²) in [5.41, 5.74) is -1.25. The average Bonchev–Trinajstić information content (AvgIpc) is 2.62. The van der Waals surface area contributed by atoms with Crippen molar-refractivity contribution in [2.45, 2.75) is 26.9 Å². The SMILES string of the molecule is CCOc1ccc(Nc2c(F)c(C#N)c(C#N)c(F)c2OC(C)C)cc1. The molecule has 0 aliphatic heterocycles. The molecule has 5 nitrogen and oxygen atoms in total. The van der Waals surface area contributed by atoms with E-state index in [1.54, 1.807) is 38.1 Å². The van der Waals surface area contributed by atoms with Gasteiger partial charge in [0.2, 0.25) is 0 Å². The molecule has 0 amide bonds. The van der Waals surface area contributed by atoms with Crippen molar-refractivity contribution in [2.75, 3.05) is 11.9 Å². The van der Waals surface area contributed by atoms with Crippen LogP contribution in [-0.4, -0.2) is 12.7 Å². The van der Waals surface area contributed by atoms with E-state index in [-0.39, 0.29) is 5.69 Å². The Morgan fingerprint density at radius 1 is 1.04 bits per heavy atom. The Morgan fingerprint density at radius 3 is 2.12 bits per heavy atom. The monoisotopic (exact) mass is 357 g/mol. The molecule has 7 heteroatoms. The van der Waals surface area contributed by atoms with Crippen molar-refractivity contribution >= 4 is 11.4 Å². The van der Waals surface area contributed by atoms with Gasteiger partial charge in [0.15, 0.2) is 17.4 Å². The van der Waals surface area contributed by atoms with Crippen LogP contribution in [0.4, 0.5) is 20.2 Å². The number of nitrogens with zero attached hydrogens (tertiary/aromatic N) is 2. The van der Waals surface area contributed by atoms with Crippen molar-refractivity contribution in [2.24, 2.45) is 0 Å². The van der Waals surface area contributed by atoms with Crippen LogP contribution in [0.5, 0.6) is 11.5 Å². The van der Waals surface area contributed by atoms with Crippen molar-refractivity contribution in [3.05, 3.63) is 47.0 Å². The van der Waals surface area contributed by atoms with E-state index in [1.807, 2.05) is 6.92 Å². The minimum absolute atomic E-state index is 0.337. The summed E-state index contributed by atoms with van der Waals surface area (Å²) in [4.78, 5) is 0. The summed E-state index contributed by atoms with van der Waals surface area (Å²) >= 11 is 0. The Kier molecular flexibility index (Phi) is 5.98. The van der Waals surface area contributed by atoms with Gasteiger partial charge in [-0.25, -0.2) is 8.78 Å². The fraction of sp³-hybridized carbons (Fsp3) is 0.263. The Morgan fingerprint density at radius 2 is 1.62 bits per heavy atom. The van der Waals surface area contributed by atoms with Crippen molar-refractivity contribution in [1.29, 1.82) is 10.5 Å². The van der Waals surface area contributed by atoms with Crippen LogP contribution in [-0.2, 0) is 0 Å². The van der Waals surface area contributed by atoms with Crippen molar-refractivity contribution in [3.8, 4) is 23.6 Å². The van der Waals surface area contributed by atoms with E-state index in [4.69, 9.17) is 20.0 Å². The summed E-state index contributed by atoms with van der Waals surface area (Å²) < 4.78 is 40.2. The Balaban J connectivity index is 2.57. The minimum atomic E-state index is -1.08. The van der Waals surface area contributed by atoms with Gasteiger partial charge in [0.1, 0.15) is 34.7 Å². The van der Waals surface area contributed by atoms with Gasteiger partial charge in [-0.1, -0.05) is 0 Å². The molecule has 2 rings (SSSR count). The van der Waals surface area contributed by atoms with Crippen LogP contribution in [0, 0.1) is 34.3 Å². The first kappa shape index (κ1) is 19.0. The second-order valence-corrected chi connectivity index (χ2v) is 5.55. The number of halogens is 2. The standard InChI is InChI=1S/C19H17F2N3O2/c1-4-25-13-7-5-12(6-8-13)24-18-16(20)14(9-22)15(10-23)17(21)19(18)26-11(2)3/h5-8,11,24H,4H2,1-3H3. The van der Waals surface area contributed by atoms with Crippen molar-refractivity contribution < 1.29 is 18.3 Å². The van der Waals surface area contributed by atoms with E-state index >= 15 is 0 Å². The molecule has 0 atom stereocenters. The molecule has 0 unspecified atom stereocenters. The van der Waals surface area contributed by atoms with Crippen LogP contribution in [0.1, 0.15) is 31.9 Å². The lowest BCUT2D eigenvalue weighted by Crippen LogP contribution is -2.12. The molecule has 0 fully saturated rings. The van der Waals surface area contributed by atoms with E-state index in [9.17, 15) is 8.78 Å². The number of nitrogens with one attached hydrogen (secondary N) is 1. The molecule has 0 radical (unpaired) electrons. The lowest BCUT2D eigenvalue weighted by Gasteiger charge is -2.18. The van der Waals surface area contributed by atoms with Gasteiger partial charge < -0.3 is 14.8 Å². The number of hydrogen-bond acceptors (Lipinski definition) is 5. The molecular formula is C19H17F2N3O2. The second kappa shape index (κ2) is 8.17. The van der Waals surface area contributed by atoms with Gasteiger partial charge in [-0.15, -0.1) is 0 Å². The quantitative estimate of drug-likeness (QED) is 0.815. The van der Waals surface area contributed by atoms with E-state index in [1.165, 1.54) is 12.1 Å². The van der Waals surface area contributed by atoms with Gasteiger partial charge in [-0.2, -0.15) is 10.5 Å². The molecule has 0 heterocycles. The topological polar surface area (TPSA) is 78.1 Å². The van der Waals surface area contributed by atoms with Crippen LogP contribution in [0.15, 0.2) is 24.3 Å². The maximum atomic E-state index is 14.8. The van der Waals surface area contributed by atoms with E-state index in [2.05, 4.69) is 5.32 Å². The van der Waals surface area contributed by atoms with E-state index in [0.29, 0.717) is 18.0 Å². The van der Waals surface area contributed by atoms with E-state index in [0.717, 1.165) is 0 Å². The fourth-order valence-corrected chi connectivity index (χ4v) is 2.28. The van der Waals surface area contributed by atoms with Crippen LogP contribution in [0.2, 0.25) is 0 Å². The highest BCUT2D eigenvalue weighted by molar-refractivity contribution is 5.72. The van der Waals surface area contributed by atoms with Crippen LogP contribution < -0.4 is 14.8 Å². The number of ether oxygens (including phenoxy) is 2. The Bertz CT molecular complexity index is 882. The molecule has 2 aromatic rings. The zero-order valence-electron chi connectivity index (χ0n) is 14.6. The van der Waals surface area contributed by atoms with Gasteiger partial charge in [0.05, 0.1) is 12.7 Å². The number of benzene rings is 2. The van der Waals surface area contributed by atoms with Gasteiger partial charge in [-0.3, -0.25) is 0 Å². The third-order valence-electron chi connectivity index (χ3n) is 3.35. The predicted octanol–water partition coefficient (Wildman–Crippen LogP) is 4.64. The molecule has 0 aliphatic carbocycles. The van der Waals surface area contributed by atoms with Crippen LogP contribution >= 0.6 is 0 Å². The first-order valence-corrected chi connectivity index (χ1v) is 7.94. The number of anilines is 2. The summed E-state index contributed by atoms with van der Waals surface area (Å²) in [7, 11) is 0. The molecule has 0 spiro atoms.